The van der Waals surface area contributed by atoms with Crippen LogP contribution in [0.3, 0.4) is 0 Å². The van der Waals surface area contributed by atoms with Crippen LogP contribution in [0.15, 0.2) is 18.2 Å². The van der Waals surface area contributed by atoms with Crippen LogP contribution in [0.25, 0.3) is 0 Å². The topological polar surface area (TPSA) is 49.7 Å². The monoisotopic (exact) mass is 222 g/mol. The van der Waals surface area contributed by atoms with Crippen molar-refractivity contribution in [1.82, 2.24) is 0 Å². The SMILES string of the molecule is Cc1ccc([C@H]2C[C@H](O)[C@@H](CO)O2)c(C)c1. The minimum Gasteiger partial charge on any atom is -0.394 e. The molecule has 0 amide bonds. The highest BCUT2D eigenvalue weighted by Crippen LogP contribution is 2.34. The van der Waals surface area contributed by atoms with Gasteiger partial charge in [0.15, 0.2) is 0 Å². The molecule has 0 aliphatic carbocycles. The van der Waals surface area contributed by atoms with Gasteiger partial charge in [0.2, 0.25) is 0 Å². The Kier molecular flexibility index (Phi) is 3.28. The van der Waals surface area contributed by atoms with Crippen LogP contribution in [0.1, 0.15) is 29.2 Å². The molecule has 0 spiro atoms. The zero-order chi connectivity index (χ0) is 11.7. The third-order valence-electron chi connectivity index (χ3n) is 3.18. The summed E-state index contributed by atoms with van der Waals surface area (Å²) in [6, 6.07) is 6.20. The van der Waals surface area contributed by atoms with E-state index in [9.17, 15) is 5.11 Å². The molecule has 3 atom stereocenters. The van der Waals surface area contributed by atoms with Crippen molar-refractivity contribution in [2.75, 3.05) is 6.61 Å². The summed E-state index contributed by atoms with van der Waals surface area (Å²) < 4.78 is 5.63. The Hall–Kier alpha value is -0.900. The molecule has 2 rings (SSSR count). The molecule has 1 aromatic rings. The molecule has 0 bridgehead atoms. The smallest absolute Gasteiger partial charge is 0.107 e. The number of aryl methyl sites for hydroxylation is 2. The molecule has 0 aromatic heterocycles. The van der Waals surface area contributed by atoms with E-state index in [0.717, 1.165) is 5.56 Å². The zero-order valence-electron chi connectivity index (χ0n) is 9.68. The first-order chi connectivity index (χ1) is 7.61. The molecule has 0 saturated carbocycles. The van der Waals surface area contributed by atoms with E-state index in [1.807, 2.05) is 19.1 Å². The fourth-order valence-corrected chi connectivity index (χ4v) is 2.28. The number of aliphatic hydroxyl groups is 2. The van der Waals surface area contributed by atoms with Crippen LogP contribution in [0.4, 0.5) is 0 Å². The number of aliphatic hydroxyl groups excluding tert-OH is 2. The standard InChI is InChI=1S/C13H18O3/c1-8-3-4-10(9(2)5-8)12-6-11(15)13(7-14)16-12/h3-5,11-15H,6-7H2,1-2H3/t11-,12+,13+/m0/s1. The first-order valence-corrected chi connectivity index (χ1v) is 5.63. The van der Waals surface area contributed by atoms with Crippen molar-refractivity contribution in [3.8, 4) is 0 Å². The lowest BCUT2D eigenvalue weighted by atomic mass is 9.98. The number of hydrogen-bond donors (Lipinski definition) is 2. The fourth-order valence-electron chi connectivity index (χ4n) is 2.28. The van der Waals surface area contributed by atoms with Gasteiger partial charge in [0.05, 0.1) is 18.8 Å². The maximum absolute atomic E-state index is 9.68. The Morgan fingerprint density at radius 1 is 1.38 bits per heavy atom. The average molecular weight is 222 g/mol. The molecule has 16 heavy (non-hydrogen) atoms. The van der Waals surface area contributed by atoms with Crippen LogP contribution in [0.2, 0.25) is 0 Å². The Bertz CT molecular complexity index is 375. The zero-order valence-corrected chi connectivity index (χ0v) is 9.68. The maximum atomic E-state index is 9.68. The fraction of sp³-hybridized carbons (Fsp3) is 0.538. The van der Waals surface area contributed by atoms with Crippen molar-refractivity contribution in [2.24, 2.45) is 0 Å². The molecule has 1 fully saturated rings. The summed E-state index contributed by atoms with van der Waals surface area (Å²) >= 11 is 0. The van der Waals surface area contributed by atoms with Gasteiger partial charge in [-0.3, -0.25) is 0 Å². The highest BCUT2D eigenvalue weighted by atomic mass is 16.5. The van der Waals surface area contributed by atoms with Crippen molar-refractivity contribution in [3.63, 3.8) is 0 Å². The molecule has 1 saturated heterocycles. The van der Waals surface area contributed by atoms with Crippen molar-refractivity contribution < 1.29 is 14.9 Å². The number of ether oxygens (including phenoxy) is 1. The quantitative estimate of drug-likeness (QED) is 0.797. The number of benzene rings is 1. The van der Waals surface area contributed by atoms with E-state index in [-0.39, 0.29) is 12.7 Å². The minimum absolute atomic E-state index is 0.0900. The van der Waals surface area contributed by atoms with Gasteiger partial charge in [-0.1, -0.05) is 23.8 Å². The third kappa shape index (κ3) is 2.12. The van der Waals surface area contributed by atoms with Gasteiger partial charge in [-0.05, 0) is 25.0 Å². The maximum Gasteiger partial charge on any atom is 0.107 e. The van der Waals surface area contributed by atoms with Gasteiger partial charge < -0.3 is 14.9 Å². The van der Waals surface area contributed by atoms with Gasteiger partial charge in [-0.25, -0.2) is 0 Å². The first kappa shape index (κ1) is 11.6. The van der Waals surface area contributed by atoms with Crippen molar-refractivity contribution in [3.05, 3.63) is 34.9 Å². The van der Waals surface area contributed by atoms with E-state index in [0.29, 0.717) is 6.42 Å². The summed E-state index contributed by atoms with van der Waals surface area (Å²) in [7, 11) is 0. The predicted molar refractivity (Wildman–Crippen MR) is 61.2 cm³/mol. The molecule has 1 heterocycles. The molecular weight excluding hydrogens is 204 g/mol. The van der Waals surface area contributed by atoms with E-state index < -0.39 is 12.2 Å². The summed E-state index contributed by atoms with van der Waals surface area (Å²) in [5.74, 6) is 0. The lowest BCUT2D eigenvalue weighted by molar-refractivity contribution is -0.0227. The second kappa shape index (κ2) is 4.53. The Labute approximate surface area is 95.7 Å². The number of hydrogen-bond acceptors (Lipinski definition) is 3. The van der Waals surface area contributed by atoms with Gasteiger partial charge in [0, 0.05) is 6.42 Å². The second-order valence-corrected chi connectivity index (χ2v) is 4.51. The van der Waals surface area contributed by atoms with E-state index in [1.165, 1.54) is 11.1 Å². The molecule has 0 radical (unpaired) electrons. The lowest BCUT2D eigenvalue weighted by Gasteiger charge is -2.15. The summed E-state index contributed by atoms with van der Waals surface area (Å²) in [6.07, 6.45) is -0.524. The largest absolute Gasteiger partial charge is 0.394 e. The van der Waals surface area contributed by atoms with E-state index >= 15 is 0 Å². The molecule has 3 nitrogen and oxygen atoms in total. The van der Waals surface area contributed by atoms with Crippen LogP contribution in [-0.2, 0) is 4.74 Å². The van der Waals surface area contributed by atoms with Crippen LogP contribution >= 0.6 is 0 Å². The van der Waals surface area contributed by atoms with Crippen LogP contribution in [-0.4, -0.2) is 29.0 Å². The molecule has 1 aliphatic heterocycles. The average Bonchev–Trinajstić information content (AvgIpc) is 2.59. The van der Waals surface area contributed by atoms with E-state index in [2.05, 4.69) is 13.0 Å². The van der Waals surface area contributed by atoms with Gasteiger partial charge >= 0.3 is 0 Å². The molecule has 3 heteroatoms. The summed E-state index contributed by atoms with van der Waals surface area (Å²) in [4.78, 5) is 0. The van der Waals surface area contributed by atoms with Crippen LogP contribution < -0.4 is 0 Å². The summed E-state index contributed by atoms with van der Waals surface area (Å²) in [6.45, 7) is 3.98. The van der Waals surface area contributed by atoms with Crippen LogP contribution in [0, 0.1) is 13.8 Å². The Morgan fingerprint density at radius 3 is 2.69 bits per heavy atom. The molecular formula is C13H18O3. The Balaban J connectivity index is 2.20. The highest BCUT2D eigenvalue weighted by molar-refractivity contribution is 5.32. The van der Waals surface area contributed by atoms with E-state index in [1.54, 1.807) is 0 Å². The second-order valence-electron chi connectivity index (χ2n) is 4.51. The van der Waals surface area contributed by atoms with Gasteiger partial charge in [0.25, 0.3) is 0 Å². The molecule has 1 aromatic carbocycles. The van der Waals surface area contributed by atoms with Crippen molar-refractivity contribution in [1.29, 1.82) is 0 Å². The van der Waals surface area contributed by atoms with Crippen LogP contribution in [0.5, 0.6) is 0 Å². The molecule has 0 unspecified atom stereocenters. The number of rotatable bonds is 2. The summed E-state index contributed by atoms with van der Waals surface area (Å²) in [5.41, 5.74) is 3.51. The van der Waals surface area contributed by atoms with Gasteiger partial charge in [-0.15, -0.1) is 0 Å². The lowest BCUT2D eigenvalue weighted by Crippen LogP contribution is -2.24. The van der Waals surface area contributed by atoms with E-state index in [4.69, 9.17) is 9.84 Å². The molecule has 1 aliphatic rings. The molecule has 88 valence electrons. The first-order valence-electron chi connectivity index (χ1n) is 5.63. The Morgan fingerprint density at radius 2 is 2.12 bits per heavy atom. The summed E-state index contributed by atoms with van der Waals surface area (Å²) in [5, 5.41) is 18.7. The van der Waals surface area contributed by atoms with Crippen molar-refractivity contribution in [2.45, 2.75) is 38.6 Å². The minimum atomic E-state index is -0.560. The third-order valence-corrected chi connectivity index (χ3v) is 3.18. The highest BCUT2D eigenvalue weighted by Gasteiger charge is 2.34. The van der Waals surface area contributed by atoms with Gasteiger partial charge in [0.1, 0.15) is 6.10 Å². The van der Waals surface area contributed by atoms with Crippen molar-refractivity contribution >= 4 is 0 Å². The van der Waals surface area contributed by atoms with Gasteiger partial charge in [-0.2, -0.15) is 0 Å². The molecule has 2 N–H and O–H groups in total. The predicted octanol–water partition coefficient (Wildman–Crippen LogP) is 1.49. The normalized spacial score (nSPS) is 29.6.